The smallest absolute Gasteiger partial charge is 0.235 e. The Balaban J connectivity index is 1.68. The lowest BCUT2D eigenvalue weighted by molar-refractivity contribution is -0.125. The van der Waals surface area contributed by atoms with Crippen LogP contribution in [0.1, 0.15) is 72.9 Å². The minimum absolute atomic E-state index is 0.0417. The molecule has 1 atom stereocenters. The molecule has 2 N–H and O–H groups in total. The van der Waals surface area contributed by atoms with E-state index in [4.69, 9.17) is 11.6 Å². The summed E-state index contributed by atoms with van der Waals surface area (Å²) < 4.78 is 0. The first-order valence-electron chi connectivity index (χ1n) is 9.64. The molecule has 1 aromatic rings. The normalized spacial score (nSPS) is 22.2. The van der Waals surface area contributed by atoms with Crippen molar-refractivity contribution in [3.05, 3.63) is 15.6 Å². The Morgan fingerprint density at radius 1 is 1.23 bits per heavy atom. The van der Waals surface area contributed by atoms with Gasteiger partial charge in [0, 0.05) is 11.4 Å². The Bertz CT molecular complexity index is 653. The Kier molecular flexibility index (Phi) is 6.56. The number of aromatic nitrogens is 1. The maximum atomic E-state index is 12.9. The number of hydrogen-bond acceptors (Lipinski definition) is 4. The van der Waals surface area contributed by atoms with E-state index in [0.29, 0.717) is 6.54 Å². The minimum atomic E-state index is -0.367. The molecular formula is C19H28ClN3O2S. The second-order valence-electron chi connectivity index (χ2n) is 7.58. The SMILES string of the molecule is Cc1nc2c(s1)CCCC2C(=O)NCC1(NC(=O)CCl)CCCCCC1. The van der Waals surface area contributed by atoms with Crippen LogP contribution in [0.15, 0.2) is 0 Å². The van der Waals surface area contributed by atoms with E-state index < -0.39 is 0 Å². The first-order chi connectivity index (χ1) is 12.5. The summed E-state index contributed by atoms with van der Waals surface area (Å²) in [6.07, 6.45) is 9.18. The van der Waals surface area contributed by atoms with Gasteiger partial charge in [0.1, 0.15) is 5.88 Å². The molecule has 3 rings (SSSR count). The number of alkyl halides is 1. The second kappa shape index (κ2) is 8.70. The fraction of sp³-hybridized carbons (Fsp3) is 0.737. The Hall–Kier alpha value is -1.14. The topological polar surface area (TPSA) is 71.1 Å². The van der Waals surface area contributed by atoms with Crippen LogP contribution in [0.5, 0.6) is 0 Å². The quantitative estimate of drug-likeness (QED) is 0.590. The average Bonchev–Trinajstić information content (AvgIpc) is 2.87. The first kappa shape index (κ1) is 19.6. The van der Waals surface area contributed by atoms with Crippen molar-refractivity contribution in [2.75, 3.05) is 12.4 Å². The molecule has 0 spiro atoms. The zero-order chi connectivity index (χ0) is 18.6. The predicted octanol–water partition coefficient (Wildman–Crippen LogP) is 3.44. The molecule has 144 valence electrons. The molecule has 5 nitrogen and oxygen atoms in total. The molecule has 7 heteroatoms. The van der Waals surface area contributed by atoms with Crippen LogP contribution < -0.4 is 10.6 Å². The summed E-state index contributed by atoms with van der Waals surface area (Å²) in [6.45, 7) is 2.48. The molecule has 2 amide bonds. The van der Waals surface area contributed by atoms with E-state index in [2.05, 4.69) is 15.6 Å². The molecule has 2 aliphatic carbocycles. The van der Waals surface area contributed by atoms with Crippen molar-refractivity contribution >= 4 is 34.8 Å². The highest BCUT2D eigenvalue weighted by Gasteiger charge is 2.35. The van der Waals surface area contributed by atoms with Crippen LogP contribution in [0.2, 0.25) is 0 Å². The van der Waals surface area contributed by atoms with Gasteiger partial charge < -0.3 is 10.6 Å². The monoisotopic (exact) mass is 397 g/mol. The number of nitrogens with one attached hydrogen (secondary N) is 2. The van der Waals surface area contributed by atoms with Crippen molar-refractivity contribution in [1.29, 1.82) is 0 Å². The second-order valence-corrected chi connectivity index (χ2v) is 9.14. The fourth-order valence-electron chi connectivity index (χ4n) is 4.26. The van der Waals surface area contributed by atoms with E-state index in [1.54, 1.807) is 11.3 Å². The number of rotatable bonds is 5. The predicted molar refractivity (Wildman–Crippen MR) is 105 cm³/mol. The highest BCUT2D eigenvalue weighted by Crippen LogP contribution is 2.35. The molecule has 2 aliphatic rings. The highest BCUT2D eigenvalue weighted by atomic mass is 35.5. The third kappa shape index (κ3) is 4.58. The molecule has 0 saturated heterocycles. The lowest BCUT2D eigenvalue weighted by atomic mass is 9.88. The van der Waals surface area contributed by atoms with E-state index in [1.165, 1.54) is 17.7 Å². The summed E-state index contributed by atoms with van der Waals surface area (Å²) in [4.78, 5) is 30.7. The first-order valence-corrected chi connectivity index (χ1v) is 11.0. The third-order valence-corrected chi connectivity index (χ3v) is 6.85. The number of aryl methyl sites for hydroxylation is 2. The number of carbonyl (C=O) groups excluding carboxylic acids is 2. The number of nitrogens with zero attached hydrogens (tertiary/aromatic N) is 1. The van der Waals surface area contributed by atoms with Gasteiger partial charge in [0.2, 0.25) is 11.8 Å². The van der Waals surface area contributed by atoms with E-state index >= 15 is 0 Å². The van der Waals surface area contributed by atoms with Crippen LogP contribution in [0, 0.1) is 6.92 Å². The number of fused-ring (bicyclic) bond motifs is 1. The van der Waals surface area contributed by atoms with Crippen LogP contribution in [-0.4, -0.2) is 34.8 Å². The number of hydrogen-bond donors (Lipinski definition) is 2. The molecule has 0 aromatic carbocycles. The molecule has 0 radical (unpaired) electrons. The number of carbonyl (C=O) groups is 2. The molecule has 1 fully saturated rings. The van der Waals surface area contributed by atoms with Crippen molar-refractivity contribution in [2.24, 2.45) is 0 Å². The summed E-state index contributed by atoms with van der Waals surface area (Å²) in [5.41, 5.74) is 0.601. The van der Waals surface area contributed by atoms with Crippen molar-refractivity contribution < 1.29 is 9.59 Å². The molecule has 1 saturated carbocycles. The molecule has 1 unspecified atom stereocenters. The van der Waals surface area contributed by atoms with Crippen LogP contribution in [0.25, 0.3) is 0 Å². The number of amides is 2. The number of halogens is 1. The largest absolute Gasteiger partial charge is 0.353 e. The van der Waals surface area contributed by atoms with E-state index in [9.17, 15) is 9.59 Å². The van der Waals surface area contributed by atoms with Gasteiger partial charge >= 0.3 is 0 Å². The zero-order valence-corrected chi connectivity index (χ0v) is 17.0. The lowest BCUT2D eigenvalue weighted by Gasteiger charge is -2.34. The van der Waals surface area contributed by atoms with Crippen molar-refractivity contribution in [3.63, 3.8) is 0 Å². The molecule has 1 heterocycles. The van der Waals surface area contributed by atoms with Crippen LogP contribution in [0.4, 0.5) is 0 Å². The van der Waals surface area contributed by atoms with E-state index in [-0.39, 0.29) is 29.2 Å². The summed E-state index contributed by atoms with van der Waals surface area (Å²) in [5, 5.41) is 7.27. The van der Waals surface area contributed by atoms with Gasteiger partial charge in [-0.25, -0.2) is 4.98 Å². The van der Waals surface area contributed by atoms with Gasteiger partial charge in [0.05, 0.1) is 22.2 Å². The summed E-state index contributed by atoms with van der Waals surface area (Å²) >= 11 is 7.42. The average molecular weight is 398 g/mol. The molecule has 0 bridgehead atoms. The lowest BCUT2D eigenvalue weighted by Crippen LogP contribution is -2.56. The fourth-order valence-corrected chi connectivity index (χ4v) is 5.36. The van der Waals surface area contributed by atoms with Crippen molar-refractivity contribution in [1.82, 2.24) is 15.6 Å². The van der Waals surface area contributed by atoms with Gasteiger partial charge in [-0.2, -0.15) is 0 Å². The summed E-state index contributed by atoms with van der Waals surface area (Å²) in [6, 6.07) is 0. The molecule has 0 aliphatic heterocycles. The van der Waals surface area contributed by atoms with Crippen LogP contribution >= 0.6 is 22.9 Å². The highest BCUT2D eigenvalue weighted by molar-refractivity contribution is 7.11. The Morgan fingerprint density at radius 2 is 1.96 bits per heavy atom. The number of thiazole rings is 1. The van der Waals surface area contributed by atoms with Gasteiger partial charge in [-0.05, 0) is 39.0 Å². The third-order valence-electron chi connectivity index (χ3n) is 5.57. The molecule has 1 aromatic heterocycles. The molecule has 26 heavy (non-hydrogen) atoms. The molecular weight excluding hydrogens is 370 g/mol. The Morgan fingerprint density at radius 3 is 2.65 bits per heavy atom. The van der Waals surface area contributed by atoms with Gasteiger partial charge in [-0.3, -0.25) is 9.59 Å². The van der Waals surface area contributed by atoms with Crippen molar-refractivity contribution in [3.8, 4) is 0 Å². The van der Waals surface area contributed by atoms with Gasteiger partial charge in [-0.1, -0.05) is 25.7 Å². The standard InChI is InChI=1S/C19H28ClN3O2S/c1-13-22-17-14(7-6-8-15(17)26-13)18(25)21-12-19(23-16(24)11-20)9-4-2-3-5-10-19/h14H,2-12H2,1H3,(H,21,25)(H,23,24). The van der Waals surface area contributed by atoms with Crippen molar-refractivity contribution in [2.45, 2.75) is 76.2 Å². The summed E-state index contributed by atoms with van der Waals surface area (Å²) in [5.74, 6) is -0.312. The van der Waals surface area contributed by atoms with Gasteiger partial charge in [0.15, 0.2) is 0 Å². The summed E-state index contributed by atoms with van der Waals surface area (Å²) in [7, 11) is 0. The van der Waals surface area contributed by atoms with Gasteiger partial charge in [-0.15, -0.1) is 22.9 Å². The van der Waals surface area contributed by atoms with E-state index in [0.717, 1.165) is 55.6 Å². The zero-order valence-electron chi connectivity index (χ0n) is 15.4. The van der Waals surface area contributed by atoms with Crippen LogP contribution in [-0.2, 0) is 16.0 Å². The maximum Gasteiger partial charge on any atom is 0.235 e. The van der Waals surface area contributed by atoms with E-state index in [1.807, 2.05) is 6.92 Å². The van der Waals surface area contributed by atoms with Crippen LogP contribution in [0.3, 0.4) is 0 Å². The Labute approximate surface area is 164 Å². The minimum Gasteiger partial charge on any atom is -0.353 e. The maximum absolute atomic E-state index is 12.9. The van der Waals surface area contributed by atoms with Gasteiger partial charge in [0.25, 0.3) is 0 Å².